The molecule has 2 heterocycles. The molecule has 2 aromatic rings. The molecule has 4 rings (SSSR count). The van der Waals surface area contributed by atoms with Crippen LogP contribution >= 0.6 is 15.9 Å². The van der Waals surface area contributed by atoms with E-state index in [0.29, 0.717) is 27.8 Å². The van der Waals surface area contributed by atoms with Gasteiger partial charge in [0, 0.05) is 21.8 Å². The standard InChI is InChI=1S/C21H16BrFN2O7S/c1-30-20(26)18-15(5-4-13-12-7-8-32-16(12)10-24-19(13)18)25(21(27)31-2)33(28,29)17-6-3-11(23)9-14(17)22/h3-7,9-10,24H,8H2,1-2H3. The van der Waals surface area contributed by atoms with Crippen LogP contribution in [-0.2, 0) is 24.2 Å². The minimum absolute atomic E-state index is 0.118. The first-order chi connectivity index (χ1) is 15.7. The highest BCUT2D eigenvalue weighted by Gasteiger charge is 2.39. The largest absolute Gasteiger partial charge is 0.487 e. The van der Waals surface area contributed by atoms with E-state index in [1.54, 1.807) is 12.1 Å². The van der Waals surface area contributed by atoms with Gasteiger partial charge < -0.3 is 19.5 Å². The molecule has 12 heteroatoms. The fourth-order valence-corrected chi connectivity index (χ4v) is 5.92. The number of methoxy groups -OCH3 is 2. The number of fused-ring (bicyclic) bond motifs is 3. The van der Waals surface area contributed by atoms with Crippen molar-refractivity contribution in [3.05, 3.63) is 69.8 Å². The fraction of sp³-hybridized carbons (Fsp3) is 0.143. The van der Waals surface area contributed by atoms with Gasteiger partial charge in [0.05, 0.1) is 25.6 Å². The Bertz CT molecular complexity index is 1350. The molecule has 0 fully saturated rings. The van der Waals surface area contributed by atoms with Crippen LogP contribution in [0.4, 0.5) is 20.6 Å². The van der Waals surface area contributed by atoms with Crippen molar-refractivity contribution in [3.63, 3.8) is 0 Å². The van der Waals surface area contributed by atoms with Crippen molar-refractivity contribution in [2.45, 2.75) is 4.90 Å². The Labute approximate surface area is 196 Å². The molecule has 33 heavy (non-hydrogen) atoms. The van der Waals surface area contributed by atoms with Crippen molar-refractivity contribution in [1.82, 2.24) is 0 Å². The minimum atomic E-state index is -4.67. The van der Waals surface area contributed by atoms with Gasteiger partial charge in [-0.05, 0) is 52.3 Å². The highest BCUT2D eigenvalue weighted by atomic mass is 79.9. The molecule has 1 N–H and O–H groups in total. The van der Waals surface area contributed by atoms with Crippen LogP contribution in [0.2, 0.25) is 0 Å². The number of sulfonamides is 1. The molecular weight excluding hydrogens is 523 g/mol. The number of allylic oxidation sites excluding steroid dienone is 1. The topological polar surface area (TPSA) is 111 Å². The van der Waals surface area contributed by atoms with Gasteiger partial charge >= 0.3 is 12.1 Å². The van der Waals surface area contributed by atoms with Gasteiger partial charge in [-0.25, -0.2) is 22.4 Å². The number of hydrogen-bond donors (Lipinski definition) is 1. The Morgan fingerprint density at radius 3 is 2.61 bits per heavy atom. The second-order valence-corrected chi connectivity index (χ2v) is 9.38. The minimum Gasteiger partial charge on any atom is -0.487 e. The number of esters is 1. The summed E-state index contributed by atoms with van der Waals surface area (Å²) in [5, 5.41) is 2.92. The van der Waals surface area contributed by atoms with Gasteiger partial charge in [0.25, 0.3) is 10.0 Å². The number of benzene rings is 2. The molecule has 0 spiro atoms. The summed E-state index contributed by atoms with van der Waals surface area (Å²) in [5.41, 5.74) is 0.952. The van der Waals surface area contributed by atoms with Crippen molar-refractivity contribution in [2.75, 3.05) is 30.4 Å². The van der Waals surface area contributed by atoms with Gasteiger partial charge in [-0.15, -0.1) is 0 Å². The summed E-state index contributed by atoms with van der Waals surface area (Å²) >= 11 is 3.02. The van der Waals surface area contributed by atoms with Crippen molar-refractivity contribution in [1.29, 1.82) is 0 Å². The quantitative estimate of drug-likeness (QED) is 0.581. The number of hydrogen-bond acceptors (Lipinski definition) is 8. The van der Waals surface area contributed by atoms with Gasteiger partial charge in [0.1, 0.15) is 28.6 Å². The Hall–Kier alpha value is -3.38. The number of rotatable bonds is 4. The smallest absolute Gasteiger partial charge is 0.428 e. The molecule has 2 aromatic carbocycles. The highest BCUT2D eigenvalue weighted by molar-refractivity contribution is 9.10. The van der Waals surface area contributed by atoms with Crippen molar-refractivity contribution >= 4 is 55.0 Å². The van der Waals surface area contributed by atoms with E-state index < -0.39 is 32.8 Å². The molecule has 0 saturated carbocycles. The van der Waals surface area contributed by atoms with Crippen LogP contribution in [0.15, 0.2) is 57.7 Å². The third kappa shape index (κ3) is 3.74. The zero-order chi connectivity index (χ0) is 23.9. The number of amides is 1. The van der Waals surface area contributed by atoms with Crippen LogP contribution < -0.4 is 9.62 Å². The normalized spacial score (nSPS) is 14.1. The molecular formula is C21H16BrFN2O7S. The van der Waals surface area contributed by atoms with E-state index in [1.165, 1.54) is 12.3 Å². The van der Waals surface area contributed by atoms with Crippen LogP contribution in [0.3, 0.4) is 0 Å². The number of carbonyl (C=O) groups is 2. The predicted molar refractivity (Wildman–Crippen MR) is 120 cm³/mol. The maximum Gasteiger partial charge on any atom is 0.428 e. The molecule has 172 valence electrons. The highest BCUT2D eigenvalue weighted by Crippen LogP contribution is 2.43. The lowest BCUT2D eigenvalue weighted by atomic mass is 9.95. The maximum atomic E-state index is 13.6. The van der Waals surface area contributed by atoms with Crippen LogP contribution in [0.5, 0.6) is 0 Å². The van der Waals surface area contributed by atoms with E-state index in [2.05, 4.69) is 21.2 Å². The van der Waals surface area contributed by atoms with Gasteiger partial charge in [-0.2, -0.15) is 4.31 Å². The van der Waals surface area contributed by atoms with Crippen LogP contribution in [0, 0.1) is 5.82 Å². The second kappa shape index (κ2) is 8.52. The van der Waals surface area contributed by atoms with Gasteiger partial charge in [-0.1, -0.05) is 0 Å². The summed E-state index contributed by atoms with van der Waals surface area (Å²) in [7, 11) is -2.55. The van der Waals surface area contributed by atoms with E-state index in [-0.39, 0.29) is 21.4 Å². The number of ether oxygens (including phenoxy) is 3. The van der Waals surface area contributed by atoms with E-state index >= 15 is 0 Å². The average Bonchev–Trinajstić information content (AvgIpc) is 3.27. The molecule has 2 aliphatic rings. The first-order valence-electron chi connectivity index (χ1n) is 9.34. The molecule has 0 atom stereocenters. The van der Waals surface area contributed by atoms with Crippen molar-refractivity contribution in [2.24, 2.45) is 0 Å². The molecule has 0 radical (unpaired) electrons. The summed E-state index contributed by atoms with van der Waals surface area (Å²) in [6.45, 7) is 0.332. The Balaban J connectivity index is 1.98. The molecule has 0 bridgehead atoms. The summed E-state index contributed by atoms with van der Waals surface area (Å²) in [5.74, 6) is -1.03. The molecule has 0 unspecified atom stereocenters. The SMILES string of the molecule is COC(=O)c1c(N(C(=O)OC)S(=O)(=O)c2ccc(F)cc2Br)ccc2c1NC=C1OCC=C12. The maximum absolute atomic E-state index is 13.6. The lowest BCUT2D eigenvalue weighted by Crippen LogP contribution is -2.38. The molecule has 0 aliphatic carbocycles. The zero-order valence-electron chi connectivity index (χ0n) is 17.2. The summed E-state index contributed by atoms with van der Waals surface area (Å²) in [6, 6.07) is 5.71. The first kappa shape index (κ1) is 22.8. The first-order valence-corrected chi connectivity index (χ1v) is 11.6. The summed E-state index contributed by atoms with van der Waals surface area (Å²) < 4.78 is 56.0. The van der Waals surface area contributed by atoms with E-state index in [0.717, 1.165) is 32.4 Å². The van der Waals surface area contributed by atoms with Crippen LogP contribution in [0.1, 0.15) is 15.9 Å². The molecule has 0 saturated heterocycles. The van der Waals surface area contributed by atoms with Crippen LogP contribution in [-0.4, -0.2) is 41.3 Å². The monoisotopic (exact) mass is 538 g/mol. The van der Waals surface area contributed by atoms with E-state index in [1.807, 2.05) is 0 Å². The third-order valence-corrected chi connectivity index (χ3v) is 7.63. The average molecular weight is 539 g/mol. The van der Waals surface area contributed by atoms with Crippen molar-refractivity contribution in [3.8, 4) is 0 Å². The lowest BCUT2D eigenvalue weighted by Gasteiger charge is -2.27. The van der Waals surface area contributed by atoms with E-state index in [4.69, 9.17) is 14.2 Å². The molecule has 1 amide bonds. The third-order valence-electron chi connectivity index (χ3n) is 4.97. The molecule has 0 aromatic heterocycles. The summed E-state index contributed by atoms with van der Waals surface area (Å²) in [4.78, 5) is 25.2. The number of halogens is 2. The summed E-state index contributed by atoms with van der Waals surface area (Å²) in [6.07, 6.45) is 2.04. The number of carbonyl (C=O) groups excluding carboxylic acids is 2. The molecule has 9 nitrogen and oxygen atoms in total. The zero-order valence-corrected chi connectivity index (χ0v) is 19.6. The fourth-order valence-electron chi connectivity index (χ4n) is 3.53. The van der Waals surface area contributed by atoms with Gasteiger partial charge in [0.2, 0.25) is 0 Å². The lowest BCUT2D eigenvalue weighted by molar-refractivity contribution is 0.0603. The number of nitrogens with one attached hydrogen (secondary N) is 1. The van der Waals surface area contributed by atoms with Gasteiger partial charge in [-0.3, -0.25) is 0 Å². The predicted octanol–water partition coefficient (Wildman–Crippen LogP) is 4.02. The Morgan fingerprint density at radius 1 is 1.18 bits per heavy atom. The van der Waals surface area contributed by atoms with E-state index in [9.17, 15) is 22.4 Å². The van der Waals surface area contributed by atoms with Gasteiger partial charge in [0.15, 0.2) is 0 Å². The second-order valence-electron chi connectivity index (χ2n) is 6.77. The Morgan fingerprint density at radius 2 is 1.94 bits per heavy atom. The number of nitrogens with zero attached hydrogens (tertiary/aromatic N) is 1. The Kier molecular flexibility index (Phi) is 5.89. The number of anilines is 2. The van der Waals surface area contributed by atoms with Crippen LogP contribution in [0.25, 0.3) is 5.57 Å². The molecule has 2 aliphatic heterocycles. The van der Waals surface area contributed by atoms with Crippen molar-refractivity contribution < 1.29 is 36.6 Å².